The monoisotopic (exact) mass is 197 g/mol. The van der Waals surface area contributed by atoms with Crippen LogP contribution in [0.4, 0.5) is 0 Å². The van der Waals surface area contributed by atoms with E-state index >= 15 is 0 Å². The molecule has 5 heteroatoms. The van der Waals surface area contributed by atoms with Crippen molar-refractivity contribution >= 4 is 5.91 Å². The number of aliphatic hydroxyl groups is 1. The number of carbonyl (C=O) groups excluding carboxylic acids is 1. The predicted molar refractivity (Wildman–Crippen MR) is 51.4 cm³/mol. The van der Waals surface area contributed by atoms with E-state index in [1.165, 1.54) is 0 Å². The zero-order chi connectivity index (χ0) is 10.2. The molecule has 1 heterocycles. The maximum atomic E-state index is 11.2. The number of hydrogen-bond donors (Lipinski definition) is 3. The van der Waals surface area contributed by atoms with E-state index in [1.54, 1.807) is 6.20 Å². The summed E-state index contributed by atoms with van der Waals surface area (Å²) in [5.74, 6) is 0.00745. The van der Waals surface area contributed by atoms with Gasteiger partial charge in [0.05, 0.1) is 12.2 Å². The quantitative estimate of drug-likeness (QED) is 0.569. The standard InChI is InChI=1S/C9H15N3O2/c13-6-2-1-3-9(14)10-7-8-4-5-11-12-8/h4-5,13H,1-3,6-7H2,(H,10,14)(H,11,12). The molecule has 0 radical (unpaired) electrons. The van der Waals surface area contributed by atoms with Gasteiger partial charge in [-0.2, -0.15) is 5.10 Å². The fourth-order valence-corrected chi connectivity index (χ4v) is 1.06. The molecule has 0 spiro atoms. The van der Waals surface area contributed by atoms with Crippen molar-refractivity contribution in [3.63, 3.8) is 0 Å². The maximum Gasteiger partial charge on any atom is 0.220 e. The molecule has 1 aromatic heterocycles. The van der Waals surface area contributed by atoms with Gasteiger partial charge in [0.15, 0.2) is 0 Å². The Balaban J connectivity index is 2.09. The Morgan fingerprint density at radius 1 is 1.57 bits per heavy atom. The van der Waals surface area contributed by atoms with E-state index in [0.717, 1.165) is 12.1 Å². The van der Waals surface area contributed by atoms with Crippen LogP contribution in [0.1, 0.15) is 25.0 Å². The molecule has 1 amide bonds. The van der Waals surface area contributed by atoms with Crippen molar-refractivity contribution in [2.75, 3.05) is 6.61 Å². The second kappa shape index (κ2) is 6.15. The lowest BCUT2D eigenvalue weighted by atomic mass is 10.2. The summed E-state index contributed by atoms with van der Waals surface area (Å²) in [5, 5.41) is 17.8. The van der Waals surface area contributed by atoms with Gasteiger partial charge in [-0.3, -0.25) is 9.89 Å². The summed E-state index contributed by atoms with van der Waals surface area (Å²) in [5.41, 5.74) is 0.889. The smallest absolute Gasteiger partial charge is 0.220 e. The highest BCUT2D eigenvalue weighted by atomic mass is 16.2. The first-order valence-corrected chi connectivity index (χ1v) is 4.68. The molecule has 0 unspecified atom stereocenters. The van der Waals surface area contributed by atoms with Gasteiger partial charge in [-0.1, -0.05) is 0 Å². The Morgan fingerprint density at radius 3 is 3.07 bits per heavy atom. The van der Waals surface area contributed by atoms with Gasteiger partial charge in [0.25, 0.3) is 0 Å². The van der Waals surface area contributed by atoms with E-state index in [4.69, 9.17) is 5.11 Å². The number of nitrogens with one attached hydrogen (secondary N) is 2. The third-order valence-electron chi connectivity index (χ3n) is 1.85. The third kappa shape index (κ3) is 4.04. The molecule has 0 saturated carbocycles. The van der Waals surface area contributed by atoms with Crippen molar-refractivity contribution in [1.29, 1.82) is 0 Å². The first-order valence-electron chi connectivity index (χ1n) is 4.68. The molecule has 0 aromatic carbocycles. The molecule has 1 rings (SSSR count). The molecule has 0 saturated heterocycles. The largest absolute Gasteiger partial charge is 0.396 e. The van der Waals surface area contributed by atoms with Crippen molar-refractivity contribution in [2.24, 2.45) is 0 Å². The maximum absolute atomic E-state index is 11.2. The van der Waals surface area contributed by atoms with Gasteiger partial charge in [0.2, 0.25) is 5.91 Å². The molecular formula is C9H15N3O2. The molecular weight excluding hydrogens is 182 g/mol. The molecule has 1 aromatic rings. The van der Waals surface area contributed by atoms with Gasteiger partial charge >= 0.3 is 0 Å². The minimum absolute atomic E-state index is 0.00745. The number of aromatic nitrogens is 2. The van der Waals surface area contributed by atoms with Gasteiger partial charge in [-0.15, -0.1) is 0 Å². The molecule has 0 aliphatic heterocycles. The number of aliphatic hydroxyl groups excluding tert-OH is 1. The molecule has 0 aliphatic rings. The summed E-state index contributed by atoms with van der Waals surface area (Å²) in [6, 6.07) is 1.81. The Kier molecular flexibility index (Phi) is 4.71. The predicted octanol–water partition coefficient (Wildman–Crippen LogP) is 0.188. The molecule has 14 heavy (non-hydrogen) atoms. The van der Waals surface area contributed by atoms with Crippen LogP contribution in [0.3, 0.4) is 0 Å². The SMILES string of the molecule is O=C(CCCCO)NCc1ccn[nH]1. The van der Waals surface area contributed by atoms with Crippen LogP contribution in [0.5, 0.6) is 0 Å². The number of H-pyrrole nitrogens is 1. The molecule has 0 aliphatic carbocycles. The highest BCUT2D eigenvalue weighted by Gasteiger charge is 2.00. The zero-order valence-electron chi connectivity index (χ0n) is 7.99. The van der Waals surface area contributed by atoms with Crippen molar-refractivity contribution in [3.05, 3.63) is 18.0 Å². The van der Waals surface area contributed by atoms with Gasteiger partial charge in [0.1, 0.15) is 0 Å². The molecule has 5 nitrogen and oxygen atoms in total. The van der Waals surface area contributed by atoms with Crippen molar-refractivity contribution in [2.45, 2.75) is 25.8 Å². The Hall–Kier alpha value is -1.36. The van der Waals surface area contributed by atoms with E-state index in [0.29, 0.717) is 19.4 Å². The lowest BCUT2D eigenvalue weighted by Gasteiger charge is -2.02. The third-order valence-corrected chi connectivity index (χ3v) is 1.85. The number of aromatic amines is 1. The van der Waals surface area contributed by atoms with Gasteiger partial charge < -0.3 is 10.4 Å². The Bertz CT molecular complexity index is 259. The van der Waals surface area contributed by atoms with Gasteiger partial charge in [-0.25, -0.2) is 0 Å². The second-order valence-electron chi connectivity index (χ2n) is 3.04. The summed E-state index contributed by atoms with van der Waals surface area (Å²) < 4.78 is 0. The summed E-state index contributed by atoms with van der Waals surface area (Å²) in [6.45, 7) is 0.631. The van der Waals surface area contributed by atoms with Gasteiger partial charge in [-0.05, 0) is 18.9 Å². The van der Waals surface area contributed by atoms with Crippen molar-refractivity contribution in [3.8, 4) is 0 Å². The van der Waals surface area contributed by atoms with Crippen LogP contribution in [0.2, 0.25) is 0 Å². The molecule has 0 fully saturated rings. The Labute approximate surface area is 82.5 Å². The van der Waals surface area contributed by atoms with E-state index in [1.807, 2.05) is 6.07 Å². The summed E-state index contributed by atoms with van der Waals surface area (Å²) in [6.07, 6.45) is 3.52. The van der Waals surface area contributed by atoms with E-state index < -0.39 is 0 Å². The average molecular weight is 197 g/mol. The first kappa shape index (κ1) is 10.7. The van der Waals surface area contributed by atoms with E-state index in [-0.39, 0.29) is 12.5 Å². The first-order chi connectivity index (χ1) is 6.83. The topological polar surface area (TPSA) is 78.0 Å². The summed E-state index contributed by atoms with van der Waals surface area (Å²) in [7, 11) is 0. The van der Waals surface area contributed by atoms with Crippen LogP contribution in [-0.4, -0.2) is 27.8 Å². The summed E-state index contributed by atoms with van der Waals surface area (Å²) >= 11 is 0. The average Bonchev–Trinajstić information content (AvgIpc) is 2.68. The molecule has 78 valence electrons. The molecule has 0 atom stereocenters. The normalized spacial score (nSPS) is 10.1. The van der Waals surface area contributed by atoms with Crippen molar-refractivity contribution < 1.29 is 9.90 Å². The zero-order valence-corrected chi connectivity index (χ0v) is 7.99. The van der Waals surface area contributed by atoms with Gasteiger partial charge in [0, 0.05) is 19.2 Å². The second-order valence-corrected chi connectivity index (χ2v) is 3.04. The van der Waals surface area contributed by atoms with Crippen LogP contribution in [0, 0.1) is 0 Å². The molecule has 0 bridgehead atoms. The highest BCUT2D eigenvalue weighted by Crippen LogP contribution is 1.95. The minimum atomic E-state index is 0.00745. The fraction of sp³-hybridized carbons (Fsp3) is 0.556. The minimum Gasteiger partial charge on any atom is -0.396 e. The molecule has 3 N–H and O–H groups in total. The highest BCUT2D eigenvalue weighted by molar-refractivity contribution is 5.75. The number of rotatable bonds is 6. The van der Waals surface area contributed by atoms with Crippen LogP contribution in [-0.2, 0) is 11.3 Å². The fourth-order valence-electron chi connectivity index (χ4n) is 1.06. The van der Waals surface area contributed by atoms with Crippen LogP contribution in [0.25, 0.3) is 0 Å². The number of carbonyl (C=O) groups is 1. The Morgan fingerprint density at radius 2 is 2.43 bits per heavy atom. The van der Waals surface area contributed by atoms with Crippen LogP contribution < -0.4 is 5.32 Å². The number of hydrogen-bond acceptors (Lipinski definition) is 3. The lowest BCUT2D eigenvalue weighted by molar-refractivity contribution is -0.121. The van der Waals surface area contributed by atoms with E-state index in [9.17, 15) is 4.79 Å². The number of amides is 1. The number of unbranched alkanes of at least 4 members (excludes halogenated alkanes) is 1. The van der Waals surface area contributed by atoms with E-state index in [2.05, 4.69) is 15.5 Å². The van der Waals surface area contributed by atoms with Crippen LogP contribution >= 0.6 is 0 Å². The lowest BCUT2D eigenvalue weighted by Crippen LogP contribution is -2.22. The number of nitrogens with zero attached hydrogens (tertiary/aromatic N) is 1. The van der Waals surface area contributed by atoms with Crippen molar-refractivity contribution in [1.82, 2.24) is 15.5 Å². The van der Waals surface area contributed by atoms with Crippen LogP contribution in [0.15, 0.2) is 12.3 Å². The summed E-state index contributed by atoms with van der Waals surface area (Å²) in [4.78, 5) is 11.2.